The fourth-order valence-corrected chi connectivity index (χ4v) is 2.16. The van der Waals surface area contributed by atoms with Crippen molar-refractivity contribution in [2.45, 2.75) is 6.42 Å². The maximum Gasteiger partial charge on any atom is 0.254 e. The molecule has 20 heavy (non-hydrogen) atoms. The second-order valence-electron chi connectivity index (χ2n) is 4.49. The Balaban J connectivity index is 1.67. The van der Waals surface area contributed by atoms with Crippen LogP contribution in [-0.2, 0) is 6.42 Å². The highest BCUT2D eigenvalue weighted by atomic mass is 16.1. The number of benzene rings is 1. The lowest BCUT2D eigenvalue weighted by molar-refractivity contribution is 0.0954. The quantitative estimate of drug-likeness (QED) is 0.758. The molecule has 2 N–H and O–H groups in total. The molecule has 2 heterocycles. The number of aromatic amines is 1. The molecule has 0 aliphatic heterocycles. The molecule has 0 bridgehead atoms. The third kappa shape index (κ3) is 2.51. The number of hydrogen-bond acceptors (Lipinski definition) is 3. The van der Waals surface area contributed by atoms with Gasteiger partial charge in [-0.25, -0.2) is 0 Å². The average Bonchev–Trinajstić information content (AvgIpc) is 3.02. The maximum absolute atomic E-state index is 11.8. The minimum absolute atomic E-state index is 0.119. The third-order valence-electron chi connectivity index (χ3n) is 3.16. The van der Waals surface area contributed by atoms with E-state index < -0.39 is 0 Å². The Morgan fingerprint density at radius 3 is 3.00 bits per heavy atom. The van der Waals surface area contributed by atoms with Gasteiger partial charge in [0.25, 0.3) is 5.91 Å². The number of rotatable bonds is 4. The van der Waals surface area contributed by atoms with Gasteiger partial charge >= 0.3 is 0 Å². The molecule has 5 nitrogen and oxygen atoms in total. The number of fused-ring (bicyclic) bond motifs is 1. The number of nitrogens with zero attached hydrogens (tertiary/aromatic N) is 2. The van der Waals surface area contributed by atoms with Gasteiger partial charge in [-0.05, 0) is 18.1 Å². The summed E-state index contributed by atoms with van der Waals surface area (Å²) in [5, 5.41) is 10.4. The van der Waals surface area contributed by atoms with E-state index in [9.17, 15) is 4.79 Å². The van der Waals surface area contributed by atoms with Gasteiger partial charge in [-0.2, -0.15) is 5.10 Å². The topological polar surface area (TPSA) is 70.7 Å². The lowest BCUT2D eigenvalue weighted by Crippen LogP contribution is -2.25. The van der Waals surface area contributed by atoms with Gasteiger partial charge in [0, 0.05) is 24.3 Å². The van der Waals surface area contributed by atoms with Crippen LogP contribution in [0.25, 0.3) is 10.9 Å². The highest BCUT2D eigenvalue weighted by molar-refractivity contribution is 5.93. The molecule has 0 atom stereocenters. The first-order chi connectivity index (χ1) is 9.84. The molecule has 5 heteroatoms. The van der Waals surface area contributed by atoms with Crippen molar-refractivity contribution in [1.29, 1.82) is 0 Å². The summed E-state index contributed by atoms with van der Waals surface area (Å²) in [6, 6.07) is 10.1. The summed E-state index contributed by atoms with van der Waals surface area (Å²) in [5.74, 6) is -0.119. The van der Waals surface area contributed by atoms with Gasteiger partial charge < -0.3 is 5.32 Å². The summed E-state index contributed by atoms with van der Waals surface area (Å²) in [6.45, 7) is 0.569. The minimum Gasteiger partial charge on any atom is -0.352 e. The zero-order valence-electron chi connectivity index (χ0n) is 10.8. The number of carbonyl (C=O) groups excluding carboxylic acids is 1. The van der Waals surface area contributed by atoms with Crippen LogP contribution >= 0.6 is 0 Å². The van der Waals surface area contributed by atoms with Crippen molar-refractivity contribution in [2.24, 2.45) is 0 Å². The predicted molar refractivity (Wildman–Crippen MR) is 76.4 cm³/mol. The second-order valence-corrected chi connectivity index (χ2v) is 4.49. The molecule has 3 aromatic rings. The number of pyridine rings is 1. The van der Waals surface area contributed by atoms with Crippen LogP contribution in [0.2, 0.25) is 0 Å². The summed E-state index contributed by atoms with van der Waals surface area (Å²) < 4.78 is 0. The molecule has 0 radical (unpaired) electrons. The van der Waals surface area contributed by atoms with Crippen molar-refractivity contribution in [1.82, 2.24) is 20.5 Å². The maximum atomic E-state index is 11.8. The Morgan fingerprint density at radius 1 is 1.25 bits per heavy atom. The van der Waals surface area contributed by atoms with E-state index in [1.807, 2.05) is 30.3 Å². The standard InChI is InChI=1S/C15H14N4O/c20-15(13-9-18-19-10-13)17-8-6-12-4-1-3-11-5-2-7-16-14(11)12/h1-5,7,9-10H,6,8H2,(H,17,20)(H,18,19). The second kappa shape index (κ2) is 5.52. The molecular weight excluding hydrogens is 252 g/mol. The SMILES string of the molecule is O=C(NCCc1cccc2cccnc12)c1cn[nH]c1. The van der Waals surface area contributed by atoms with Gasteiger partial charge in [-0.3, -0.25) is 14.9 Å². The van der Waals surface area contributed by atoms with Gasteiger partial charge in [0.1, 0.15) is 0 Å². The van der Waals surface area contributed by atoms with E-state index in [1.54, 1.807) is 12.4 Å². The summed E-state index contributed by atoms with van der Waals surface area (Å²) in [4.78, 5) is 16.2. The first-order valence-corrected chi connectivity index (χ1v) is 6.44. The molecule has 3 rings (SSSR count). The van der Waals surface area contributed by atoms with Gasteiger partial charge in [0.15, 0.2) is 0 Å². The number of nitrogens with one attached hydrogen (secondary N) is 2. The van der Waals surface area contributed by atoms with Gasteiger partial charge in [-0.1, -0.05) is 24.3 Å². The summed E-state index contributed by atoms with van der Waals surface area (Å²) in [6.07, 6.45) is 5.62. The zero-order valence-corrected chi connectivity index (χ0v) is 10.8. The summed E-state index contributed by atoms with van der Waals surface area (Å²) >= 11 is 0. The van der Waals surface area contributed by atoms with Crippen molar-refractivity contribution in [3.63, 3.8) is 0 Å². The number of H-pyrrole nitrogens is 1. The Hall–Kier alpha value is -2.69. The number of carbonyl (C=O) groups is 1. The van der Waals surface area contributed by atoms with Crippen LogP contribution in [0.5, 0.6) is 0 Å². The fraction of sp³-hybridized carbons (Fsp3) is 0.133. The molecule has 1 aromatic carbocycles. The Labute approximate surface area is 116 Å². The van der Waals surface area contributed by atoms with Crippen LogP contribution in [0.1, 0.15) is 15.9 Å². The largest absolute Gasteiger partial charge is 0.352 e. The summed E-state index contributed by atoms with van der Waals surface area (Å²) in [5.41, 5.74) is 2.67. The van der Waals surface area contributed by atoms with E-state index in [1.165, 1.54) is 6.20 Å². The summed E-state index contributed by atoms with van der Waals surface area (Å²) in [7, 11) is 0. The van der Waals surface area contributed by atoms with Crippen LogP contribution in [0.3, 0.4) is 0 Å². The lowest BCUT2D eigenvalue weighted by atomic mass is 10.1. The van der Waals surface area contributed by atoms with Crippen LogP contribution < -0.4 is 5.32 Å². The fourth-order valence-electron chi connectivity index (χ4n) is 2.16. The van der Waals surface area contributed by atoms with Gasteiger partial charge in [0.05, 0.1) is 17.3 Å². The first kappa shape index (κ1) is 12.3. The smallest absolute Gasteiger partial charge is 0.254 e. The molecule has 1 amide bonds. The highest BCUT2D eigenvalue weighted by Gasteiger charge is 2.06. The number of amides is 1. The van der Waals surface area contributed by atoms with Gasteiger partial charge in [0.2, 0.25) is 0 Å². The minimum atomic E-state index is -0.119. The Morgan fingerprint density at radius 2 is 2.15 bits per heavy atom. The first-order valence-electron chi connectivity index (χ1n) is 6.44. The van der Waals surface area contributed by atoms with E-state index >= 15 is 0 Å². The normalized spacial score (nSPS) is 10.6. The molecule has 0 aliphatic rings. The van der Waals surface area contributed by atoms with Crippen molar-refractivity contribution < 1.29 is 4.79 Å². The molecule has 0 saturated heterocycles. The number of hydrogen-bond donors (Lipinski definition) is 2. The van der Waals surface area contributed by atoms with Crippen molar-refractivity contribution in [3.05, 3.63) is 60.0 Å². The average molecular weight is 266 g/mol. The van der Waals surface area contributed by atoms with Crippen LogP contribution in [0.4, 0.5) is 0 Å². The van der Waals surface area contributed by atoms with E-state index in [2.05, 4.69) is 20.5 Å². The molecule has 0 aliphatic carbocycles. The van der Waals surface area contributed by atoms with Crippen LogP contribution in [0.15, 0.2) is 48.9 Å². The monoisotopic (exact) mass is 266 g/mol. The lowest BCUT2D eigenvalue weighted by Gasteiger charge is -2.06. The van der Waals surface area contributed by atoms with Crippen LogP contribution in [-0.4, -0.2) is 27.6 Å². The zero-order chi connectivity index (χ0) is 13.8. The van der Waals surface area contributed by atoms with Crippen molar-refractivity contribution >= 4 is 16.8 Å². The molecule has 0 fully saturated rings. The molecule has 2 aromatic heterocycles. The molecule has 0 unspecified atom stereocenters. The number of aromatic nitrogens is 3. The van der Waals surface area contributed by atoms with E-state index in [0.29, 0.717) is 12.1 Å². The van der Waals surface area contributed by atoms with E-state index in [-0.39, 0.29) is 5.91 Å². The van der Waals surface area contributed by atoms with E-state index in [0.717, 1.165) is 22.9 Å². The predicted octanol–water partition coefficient (Wildman–Crippen LogP) is 1.93. The number of para-hydroxylation sites is 1. The van der Waals surface area contributed by atoms with Crippen molar-refractivity contribution in [3.8, 4) is 0 Å². The highest BCUT2D eigenvalue weighted by Crippen LogP contribution is 2.15. The molecular formula is C15H14N4O. The van der Waals surface area contributed by atoms with Crippen molar-refractivity contribution in [2.75, 3.05) is 6.54 Å². The molecule has 0 saturated carbocycles. The Bertz CT molecular complexity index is 716. The molecule has 0 spiro atoms. The Kier molecular flexibility index (Phi) is 3.41. The van der Waals surface area contributed by atoms with Crippen LogP contribution in [0, 0.1) is 0 Å². The van der Waals surface area contributed by atoms with Gasteiger partial charge in [-0.15, -0.1) is 0 Å². The molecule has 100 valence electrons. The third-order valence-corrected chi connectivity index (χ3v) is 3.16. The van der Waals surface area contributed by atoms with E-state index in [4.69, 9.17) is 0 Å².